The van der Waals surface area contributed by atoms with E-state index in [1.54, 1.807) is 0 Å². The fourth-order valence-corrected chi connectivity index (χ4v) is 1.90. The highest BCUT2D eigenvalue weighted by molar-refractivity contribution is 5.45. The number of hydrogen-bond acceptors (Lipinski definition) is 4. The van der Waals surface area contributed by atoms with Crippen molar-refractivity contribution in [2.24, 2.45) is 5.84 Å². The zero-order valence-corrected chi connectivity index (χ0v) is 10.7. The van der Waals surface area contributed by atoms with Crippen LogP contribution in [0.15, 0.2) is 0 Å². The van der Waals surface area contributed by atoms with Gasteiger partial charge in [0.25, 0.3) is 0 Å². The Morgan fingerprint density at radius 3 is 2.25 bits per heavy atom. The molecule has 0 saturated carbocycles. The molecule has 0 atom stereocenters. The van der Waals surface area contributed by atoms with Gasteiger partial charge in [-0.2, -0.15) is 0 Å². The van der Waals surface area contributed by atoms with Crippen molar-refractivity contribution < 1.29 is 0 Å². The lowest BCUT2D eigenvalue weighted by Crippen LogP contribution is -2.15. The molecule has 1 aromatic rings. The van der Waals surface area contributed by atoms with E-state index in [2.05, 4.69) is 36.2 Å². The number of aryl methyl sites for hydroxylation is 1. The third-order valence-corrected chi connectivity index (χ3v) is 3.09. The molecule has 0 aliphatic rings. The summed E-state index contributed by atoms with van der Waals surface area (Å²) >= 11 is 0. The molecule has 0 aromatic carbocycles. The molecule has 4 nitrogen and oxygen atoms in total. The molecule has 3 N–H and O–H groups in total. The van der Waals surface area contributed by atoms with E-state index in [0.717, 1.165) is 42.2 Å². The Morgan fingerprint density at radius 2 is 1.81 bits per heavy atom. The normalized spacial score (nSPS) is 10.9. The van der Waals surface area contributed by atoms with Crippen molar-refractivity contribution in [2.45, 2.75) is 52.9 Å². The first-order chi connectivity index (χ1) is 7.67. The Kier molecular flexibility index (Phi) is 4.68. The van der Waals surface area contributed by atoms with Crippen molar-refractivity contribution in [2.75, 3.05) is 5.43 Å². The summed E-state index contributed by atoms with van der Waals surface area (Å²) < 4.78 is 0. The second kappa shape index (κ2) is 5.80. The van der Waals surface area contributed by atoms with Crippen LogP contribution in [0.25, 0.3) is 0 Å². The SMILES string of the molecule is CCc1nc(C(CC)CC)nc(NN)c1C. The molecular weight excluding hydrogens is 200 g/mol. The number of aromatic nitrogens is 2. The van der Waals surface area contributed by atoms with Crippen molar-refractivity contribution in [3.63, 3.8) is 0 Å². The molecule has 4 heteroatoms. The summed E-state index contributed by atoms with van der Waals surface area (Å²) in [6, 6.07) is 0. The van der Waals surface area contributed by atoms with Crippen LogP contribution in [0.1, 0.15) is 56.6 Å². The summed E-state index contributed by atoms with van der Waals surface area (Å²) in [4.78, 5) is 9.13. The standard InChI is InChI=1S/C12H22N4/c1-5-9(6-2)12-14-10(7-3)8(4)11(15-12)16-13/h9H,5-7,13H2,1-4H3,(H,14,15,16). The second-order valence-electron chi connectivity index (χ2n) is 4.01. The maximum absolute atomic E-state index is 5.49. The average molecular weight is 222 g/mol. The summed E-state index contributed by atoms with van der Waals surface area (Å²) in [5.41, 5.74) is 4.81. The highest BCUT2D eigenvalue weighted by atomic mass is 15.3. The summed E-state index contributed by atoms with van der Waals surface area (Å²) in [5.74, 6) is 7.59. The fourth-order valence-electron chi connectivity index (χ4n) is 1.90. The van der Waals surface area contributed by atoms with Gasteiger partial charge in [-0.15, -0.1) is 0 Å². The van der Waals surface area contributed by atoms with Crippen molar-refractivity contribution in [3.8, 4) is 0 Å². The smallest absolute Gasteiger partial charge is 0.146 e. The van der Waals surface area contributed by atoms with Gasteiger partial charge in [0.15, 0.2) is 0 Å². The van der Waals surface area contributed by atoms with E-state index in [4.69, 9.17) is 5.84 Å². The van der Waals surface area contributed by atoms with Crippen LogP contribution in [-0.4, -0.2) is 9.97 Å². The van der Waals surface area contributed by atoms with Crippen LogP contribution >= 0.6 is 0 Å². The van der Waals surface area contributed by atoms with E-state index >= 15 is 0 Å². The Morgan fingerprint density at radius 1 is 1.19 bits per heavy atom. The van der Waals surface area contributed by atoms with E-state index < -0.39 is 0 Å². The molecule has 0 amide bonds. The van der Waals surface area contributed by atoms with Gasteiger partial charge in [0.05, 0.1) is 0 Å². The fraction of sp³-hybridized carbons (Fsp3) is 0.667. The van der Waals surface area contributed by atoms with Crippen LogP contribution in [0.5, 0.6) is 0 Å². The second-order valence-corrected chi connectivity index (χ2v) is 4.01. The Hall–Kier alpha value is -1.16. The average Bonchev–Trinajstić information content (AvgIpc) is 2.32. The Labute approximate surface area is 97.7 Å². The van der Waals surface area contributed by atoms with Crippen molar-refractivity contribution in [1.29, 1.82) is 0 Å². The van der Waals surface area contributed by atoms with Gasteiger partial charge >= 0.3 is 0 Å². The predicted octanol–water partition coefficient (Wildman–Crippen LogP) is 2.54. The molecule has 1 heterocycles. The lowest BCUT2D eigenvalue weighted by atomic mass is 10.0. The monoisotopic (exact) mass is 222 g/mol. The molecule has 16 heavy (non-hydrogen) atoms. The number of nitrogens with zero attached hydrogens (tertiary/aromatic N) is 2. The molecule has 0 bridgehead atoms. The number of hydrazine groups is 1. The quantitative estimate of drug-likeness (QED) is 0.593. The first-order valence-corrected chi connectivity index (χ1v) is 6.01. The molecule has 0 radical (unpaired) electrons. The molecule has 0 aliphatic carbocycles. The lowest BCUT2D eigenvalue weighted by Gasteiger charge is -2.15. The molecule has 0 spiro atoms. The largest absolute Gasteiger partial charge is 0.308 e. The van der Waals surface area contributed by atoms with Crippen LogP contribution < -0.4 is 11.3 Å². The molecule has 0 fully saturated rings. The minimum Gasteiger partial charge on any atom is -0.308 e. The highest BCUT2D eigenvalue weighted by Crippen LogP contribution is 2.23. The zero-order chi connectivity index (χ0) is 12.1. The van der Waals surface area contributed by atoms with Crippen LogP contribution in [0.3, 0.4) is 0 Å². The van der Waals surface area contributed by atoms with Crippen molar-refractivity contribution in [3.05, 3.63) is 17.1 Å². The predicted molar refractivity (Wildman–Crippen MR) is 67.3 cm³/mol. The molecule has 1 rings (SSSR count). The number of rotatable bonds is 5. The van der Waals surface area contributed by atoms with Crippen molar-refractivity contribution in [1.82, 2.24) is 9.97 Å². The molecule has 0 aliphatic heterocycles. The minimum absolute atomic E-state index is 0.429. The summed E-state index contributed by atoms with van der Waals surface area (Å²) in [6.45, 7) is 8.44. The van der Waals surface area contributed by atoms with E-state index in [1.165, 1.54) is 0 Å². The van der Waals surface area contributed by atoms with Gasteiger partial charge in [0.2, 0.25) is 0 Å². The molecule has 0 saturated heterocycles. The van der Waals surface area contributed by atoms with Gasteiger partial charge < -0.3 is 5.43 Å². The van der Waals surface area contributed by atoms with Gasteiger partial charge in [0.1, 0.15) is 11.6 Å². The summed E-state index contributed by atoms with van der Waals surface area (Å²) in [5, 5.41) is 0. The van der Waals surface area contributed by atoms with Crippen LogP contribution in [0, 0.1) is 6.92 Å². The topological polar surface area (TPSA) is 63.8 Å². The minimum atomic E-state index is 0.429. The van der Waals surface area contributed by atoms with Gasteiger partial charge in [-0.25, -0.2) is 15.8 Å². The number of anilines is 1. The molecule has 90 valence electrons. The summed E-state index contributed by atoms with van der Waals surface area (Å²) in [6.07, 6.45) is 3.04. The highest BCUT2D eigenvalue weighted by Gasteiger charge is 2.14. The first kappa shape index (κ1) is 12.9. The molecular formula is C12H22N4. The first-order valence-electron chi connectivity index (χ1n) is 6.01. The number of hydrogen-bond donors (Lipinski definition) is 2. The van der Waals surface area contributed by atoms with Gasteiger partial charge in [-0.1, -0.05) is 20.8 Å². The third-order valence-electron chi connectivity index (χ3n) is 3.09. The third kappa shape index (κ3) is 2.50. The number of nitrogens with two attached hydrogens (primary N) is 1. The van der Waals surface area contributed by atoms with E-state index in [0.29, 0.717) is 5.92 Å². The van der Waals surface area contributed by atoms with Crippen molar-refractivity contribution >= 4 is 5.82 Å². The lowest BCUT2D eigenvalue weighted by molar-refractivity contribution is 0.597. The summed E-state index contributed by atoms with van der Waals surface area (Å²) in [7, 11) is 0. The van der Waals surface area contributed by atoms with E-state index in [9.17, 15) is 0 Å². The van der Waals surface area contributed by atoms with Gasteiger partial charge in [-0.3, -0.25) is 0 Å². The maximum atomic E-state index is 5.49. The van der Waals surface area contributed by atoms with Crippen LogP contribution in [0.2, 0.25) is 0 Å². The van der Waals surface area contributed by atoms with Gasteiger partial charge in [0, 0.05) is 17.2 Å². The van der Waals surface area contributed by atoms with Crippen LogP contribution in [0.4, 0.5) is 5.82 Å². The molecule has 0 unspecified atom stereocenters. The van der Waals surface area contributed by atoms with E-state index in [-0.39, 0.29) is 0 Å². The van der Waals surface area contributed by atoms with Gasteiger partial charge in [-0.05, 0) is 26.2 Å². The molecule has 1 aromatic heterocycles. The maximum Gasteiger partial charge on any atom is 0.146 e. The number of nitrogen functional groups attached to an aromatic ring is 1. The van der Waals surface area contributed by atoms with E-state index in [1.807, 2.05) is 6.92 Å². The Balaban J connectivity index is 3.20. The van der Waals surface area contributed by atoms with Crippen LogP contribution in [-0.2, 0) is 6.42 Å². The number of nitrogens with one attached hydrogen (secondary N) is 1. The zero-order valence-electron chi connectivity index (χ0n) is 10.7. The Bertz CT molecular complexity index is 320.